The normalized spacial score (nSPS) is 18.3. The van der Waals surface area contributed by atoms with Gasteiger partial charge in [-0.15, -0.1) is 0 Å². The summed E-state index contributed by atoms with van der Waals surface area (Å²) in [4.78, 5) is 19.9. The third-order valence-corrected chi connectivity index (χ3v) is 5.14. The van der Waals surface area contributed by atoms with Gasteiger partial charge in [0.05, 0.1) is 11.7 Å². The van der Waals surface area contributed by atoms with Crippen LogP contribution in [-0.2, 0) is 11.3 Å². The largest absolute Gasteiger partial charge is 0.331 e. The molecule has 0 spiro atoms. The summed E-state index contributed by atoms with van der Waals surface area (Å²) in [5.74, 6) is 1.89. The molecule has 1 aliphatic heterocycles. The minimum absolute atomic E-state index is 0.0739. The highest BCUT2D eigenvalue weighted by Crippen LogP contribution is 2.34. The van der Waals surface area contributed by atoms with Crippen LogP contribution in [0.3, 0.4) is 0 Å². The van der Waals surface area contributed by atoms with E-state index in [9.17, 15) is 4.79 Å². The number of benzene rings is 1. The summed E-state index contributed by atoms with van der Waals surface area (Å²) in [6.45, 7) is 10.1. The van der Waals surface area contributed by atoms with E-state index in [1.165, 1.54) is 0 Å². The molecule has 0 saturated carbocycles. The highest BCUT2D eigenvalue weighted by Gasteiger charge is 2.34. The fourth-order valence-electron chi connectivity index (χ4n) is 3.53. The smallest absolute Gasteiger partial charge is 0.226 e. The van der Waals surface area contributed by atoms with Crippen molar-refractivity contribution < 1.29 is 4.79 Å². The van der Waals surface area contributed by atoms with Crippen LogP contribution in [0.4, 0.5) is 0 Å². The number of carbonyl (C=O) groups is 1. The molecule has 134 valence electrons. The van der Waals surface area contributed by atoms with Gasteiger partial charge in [-0.05, 0) is 18.8 Å². The van der Waals surface area contributed by atoms with Gasteiger partial charge in [0.25, 0.3) is 0 Å². The lowest BCUT2D eigenvalue weighted by Gasteiger charge is -2.38. The highest BCUT2D eigenvalue weighted by molar-refractivity contribution is 5.79. The summed E-state index contributed by atoms with van der Waals surface area (Å²) in [7, 11) is 0. The molecule has 1 aromatic carbocycles. The molecular formula is C21H29N3O. The van der Waals surface area contributed by atoms with Crippen LogP contribution in [0.5, 0.6) is 0 Å². The van der Waals surface area contributed by atoms with Gasteiger partial charge in [0.2, 0.25) is 5.91 Å². The maximum Gasteiger partial charge on any atom is 0.226 e. The fourth-order valence-corrected chi connectivity index (χ4v) is 3.53. The van der Waals surface area contributed by atoms with Crippen molar-refractivity contribution in [3.05, 3.63) is 42.4 Å². The van der Waals surface area contributed by atoms with Gasteiger partial charge < -0.3 is 9.47 Å². The third kappa shape index (κ3) is 3.63. The summed E-state index contributed by atoms with van der Waals surface area (Å²) >= 11 is 0. The zero-order valence-corrected chi connectivity index (χ0v) is 15.8. The van der Waals surface area contributed by atoms with Crippen LogP contribution in [0.25, 0.3) is 11.3 Å². The molecule has 1 amide bonds. The van der Waals surface area contributed by atoms with Crippen LogP contribution in [0, 0.1) is 11.8 Å². The molecule has 0 radical (unpaired) electrons. The van der Waals surface area contributed by atoms with Gasteiger partial charge in [-0.2, -0.15) is 0 Å². The summed E-state index contributed by atoms with van der Waals surface area (Å²) in [5, 5.41) is 0. The van der Waals surface area contributed by atoms with E-state index in [1.54, 1.807) is 0 Å². The Morgan fingerprint density at radius 3 is 2.56 bits per heavy atom. The molecule has 0 fully saturated rings. The molecule has 4 heteroatoms. The lowest BCUT2D eigenvalue weighted by molar-refractivity contribution is -0.139. The molecule has 2 atom stereocenters. The Kier molecular flexibility index (Phi) is 5.26. The molecule has 0 aliphatic carbocycles. The van der Waals surface area contributed by atoms with Crippen LogP contribution in [0.15, 0.2) is 36.5 Å². The minimum Gasteiger partial charge on any atom is -0.331 e. The van der Waals surface area contributed by atoms with Gasteiger partial charge in [-0.1, -0.05) is 58.0 Å². The van der Waals surface area contributed by atoms with Crippen molar-refractivity contribution >= 4 is 5.91 Å². The van der Waals surface area contributed by atoms with E-state index in [2.05, 4.69) is 48.6 Å². The van der Waals surface area contributed by atoms with Gasteiger partial charge in [-0.25, -0.2) is 4.98 Å². The van der Waals surface area contributed by atoms with Crippen LogP contribution >= 0.6 is 0 Å². The highest BCUT2D eigenvalue weighted by atomic mass is 16.2. The molecule has 1 aliphatic rings. The maximum atomic E-state index is 12.9. The van der Waals surface area contributed by atoms with Gasteiger partial charge in [0.1, 0.15) is 5.82 Å². The third-order valence-electron chi connectivity index (χ3n) is 5.14. The van der Waals surface area contributed by atoms with Crippen LogP contribution in [0.2, 0.25) is 0 Å². The van der Waals surface area contributed by atoms with Crippen molar-refractivity contribution in [3.63, 3.8) is 0 Å². The number of imidazole rings is 1. The Morgan fingerprint density at radius 2 is 1.92 bits per heavy atom. The SMILES string of the molecule is CC[C@H](C)C(=O)N1CCn2cc(-c3ccccc3)nc2[C@H]1CC(C)C. The fraction of sp³-hybridized carbons (Fsp3) is 0.524. The average Bonchev–Trinajstić information content (AvgIpc) is 3.06. The molecule has 25 heavy (non-hydrogen) atoms. The second-order valence-electron chi connectivity index (χ2n) is 7.53. The van der Waals surface area contributed by atoms with E-state index < -0.39 is 0 Å². The number of hydrogen-bond donors (Lipinski definition) is 0. The maximum absolute atomic E-state index is 12.9. The van der Waals surface area contributed by atoms with E-state index in [1.807, 2.05) is 25.1 Å². The lowest BCUT2D eigenvalue weighted by Crippen LogP contribution is -2.44. The zero-order valence-electron chi connectivity index (χ0n) is 15.8. The molecule has 2 aromatic rings. The van der Waals surface area contributed by atoms with E-state index in [0.717, 1.165) is 43.0 Å². The first-order valence-electron chi connectivity index (χ1n) is 9.44. The van der Waals surface area contributed by atoms with Crippen molar-refractivity contribution in [3.8, 4) is 11.3 Å². The molecule has 1 aromatic heterocycles. The van der Waals surface area contributed by atoms with E-state index >= 15 is 0 Å². The number of fused-ring (bicyclic) bond motifs is 1. The summed E-state index contributed by atoms with van der Waals surface area (Å²) < 4.78 is 2.25. The van der Waals surface area contributed by atoms with Gasteiger partial charge >= 0.3 is 0 Å². The first-order chi connectivity index (χ1) is 12.0. The topological polar surface area (TPSA) is 38.1 Å². The van der Waals surface area contributed by atoms with Crippen molar-refractivity contribution in [2.24, 2.45) is 11.8 Å². The molecule has 4 nitrogen and oxygen atoms in total. The van der Waals surface area contributed by atoms with Crippen molar-refractivity contribution in [1.82, 2.24) is 14.5 Å². The van der Waals surface area contributed by atoms with Crippen LogP contribution in [-0.4, -0.2) is 26.9 Å². The lowest BCUT2D eigenvalue weighted by atomic mass is 9.98. The zero-order chi connectivity index (χ0) is 18.0. The van der Waals surface area contributed by atoms with Crippen LogP contribution in [0.1, 0.15) is 52.4 Å². The Labute approximate surface area is 150 Å². The molecule has 0 N–H and O–H groups in total. The van der Waals surface area contributed by atoms with Crippen molar-refractivity contribution in [2.75, 3.05) is 6.54 Å². The first kappa shape index (κ1) is 17.7. The van der Waals surface area contributed by atoms with Gasteiger partial charge in [0.15, 0.2) is 0 Å². The predicted octanol–water partition coefficient (Wildman–Crippen LogP) is 4.53. The molecule has 3 rings (SSSR count). The van der Waals surface area contributed by atoms with Crippen LogP contribution < -0.4 is 0 Å². The molecule has 0 unspecified atom stereocenters. The number of rotatable bonds is 5. The van der Waals surface area contributed by atoms with Gasteiger partial charge in [-0.3, -0.25) is 4.79 Å². The Hall–Kier alpha value is -2.10. The summed E-state index contributed by atoms with van der Waals surface area (Å²) in [5.41, 5.74) is 2.13. The van der Waals surface area contributed by atoms with Gasteiger partial charge in [0, 0.05) is 30.8 Å². The number of nitrogens with zero attached hydrogens (tertiary/aromatic N) is 3. The first-order valence-corrected chi connectivity index (χ1v) is 9.44. The number of aromatic nitrogens is 2. The van der Waals surface area contributed by atoms with E-state index in [4.69, 9.17) is 4.98 Å². The van der Waals surface area contributed by atoms with E-state index in [0.29, 0.717) is 5.92 Å². The minimum atomic E-state index is 0.0739. The van der Waals surface area contributed by atoms with Crippen molar-refractivity contribution in [2.45, 2.75) is 53.1 Å². The molecule has 0 saturated heterocycles. The number of amides is 1. The van der Waals surface area contributed by atoms with Crippen molar-refractivity contribution in [1.29, 1.82) is 0 Å². The Balaban J connectivity index is 1.96. The second kappa shape index (κ2) is 7.42. The quantitative estimate of drug-likeness (QED) is 0.803. The Morgan fingerprint density at radius 1 is 1.20 bits per heavy atom. The number of hydrogen-bond acceptors (Lipinski definition) is 2. The number of carbonyl (C=O) groups excluding carboxylic acids is 1. The predicted molar refractivity (Wildman–Crippen MR) is 101 cm³/mol. The molecule has 0 bridgehead atoms. The molecule has 2 heterocycles. The monoisotopic (exact) mass is 339 g/mol. The molecular weight excluding hydrogens is 310 g/mol. The average molecular weight is 339 g/mol. The second-order valence-corrected chi connectivity index (χ2v) is 7.53. The van der Waals surface area contributed by atoms with E-state index in [-0.39, 0.29) is 17.9 Å². The summed E-state index contributed by atoms with van der Waals surface area (Å²) in [6, 6.07) is 10.4. The standard InChI is InChI=1S/C21H29N3O/c1-5-16(4)21(25)24-12-11-23-14-18(17-9-7-6-8-10-17)22-20(23)19(24)13-15(2)3/h6-10,14-16,19H,5,11-13H2,1-4H3/t16-,19+/m0/s1. The Bertz CT molecular complexity index is 720. The summed E-state index contributed by atoms with van der Waals surface area (Å²) in [6.07, 6.45) is 3.98.